The lowest BCUT2D eigenvalue weighted by Gasteiger charge is -2.11. The van der Waals surface area contributed by atoms with Gasteiger partial charge >= 0.3 is 5.97 Å². The van der Waals surface area contributed by atoms with Crippen LogP contribution in [-0.2, 0) is 9.53 Å². The first-order valence-electron chi connectivity index (χ1n) is 7.73. The maximum Gasteiger partial charge on any atom is 0.338 e. The van der Waals surface area contributed by atoms with E-state index in [1.165, 1.54) is 14.2 Å². The molecule has 0 aliphatic rings. The third-order valence-electron chi connectivity index (χ3n) is 3.69. The highest BCUT2D eigenvalue weighted by Gasteiger charge is 2.13. The number of methoxy groups -OCH3 is 2. The van der Waals surface area contributed by atoms with Gasteiger partial charge in [0.1, 0.15) is 11.5 Å². The highest BCUT2D eigenvalue weighted by molar-refractivity contribution is 5.98. The molecule has 3 rings (SSSR count). The number of carbonyl (C=O) groups excluding carboxylic acids is 2. The molecule has 0 fully saturated rings. The Balaban J connectivity index is 1.60. The minimum absolute atomic E-state index is 0.330. The zero-order chi connectivity index (χ0) is 18.5. The SMILES string of the molecule is COc1ccc(NC(=O)COC(=O)c2ccc3cn[nH]c3c2)c(OC)c1. The van der Waals surface area contributed by atoms with Crippen LogP contribution >= 0.6 is 0 Å². The first kappa shape index (κ1) is 17.3. The Morgan fingerprint density at radius 3 is 2.73 bits per heavy atom. The number of anilines is 1. The number of aromatic nitrogens is 2. The van der Waals surface area contributed by atoms with E-state index in [0.717, 1.165) is 5.39 Å². The summed E-state index contributed by atoms with van der Waals surface area (Å²) >= 11 is 0. The summed E-state index contributed by atoms with van der Waals surface area (Å²) in [5.74, 6) is -0.0445. The van der Waals surface area contributed by atoms with Gasteiger partial charge < -0.3 is 19.5 Å². The summed E-state index contributed by atoms with van der Waals surface area (Å²) in [5.41, 5.74) is 1.50. The van der Waals surface area contributed by atoms with Crippen molar-refractivity contribution in [1.29, 1.82) is 0 Å². The van der Waals surface area contributed by atoms with E-state index in [1.807, 2.05) is 0 Å². The van der Waals surface area contributed by atoms with Gasteiger partial charge in [0, 0.05) is 11.5 Å². The molecule has 1 aromatic heterocycles. The quantitative estimate of drug-likeness (QED) is 0.658. The van der Waals surface area contributed by atoms with Gasteiger partial charge in [0.05, 0.1) is 37.2 Å². The van der Waals surface area contributed by atoms with Crippen LogP contribution in [0.2, 0.25) is 0 Å². The van der Waals surface area contributed by atoms with Gasteiger partial charge in [-0.2, -0.15) is 5.10 Å². The smallest absolute Gasteiger partial charge is 0.338 e. The largest absolute Gasteiger partial charge is 0.497 e. The molecule has 0 aliphatic carbocycles. The number of fused-ring (bicyclic) bond motifs is 1. The van der Waals surface area contributed by atoms with Gasteiger partial charge in [0.15, 0.2) is 6.61 Å². The lowest BCUT2D eigenvalue weighted by molar-refractivity contribution is -0.119. The first-order valence-corrected chi connectivity index (χ1v) is 7.73. The summed E-state index contributed by atoms with van der Waals surface area (Å²) < 4.78 is 15.4. The van der Waals surface area contributed by atoms with Crippen molar-refractivity contribution in [1.82, 2.24) is 10.2 Å². The fraction of sp³-hybridized carbons (Fsp3) is 0.167. The monoisotopic (exact) mass is 355 g/mol. The molecule has 0 spiro atoms. The first-order chi connectivity index (χ1) is 12.6. The third-order valence-corrected chi connectivity index (χ3v) is 3.69. The van der Waals surface area contributed by atoms with Crippen LogP contribution in [0.15, 0.2) is 42.6 Å². The number of hydrogen-bond donors (Lipinski definition) is 2. The number of nitrogens with one attached hydrogen (secondary N) is 2. The molecule has 134 valence electrons. The molecule has 0 atom stereocenters. The van der Waals surface area contributed by atoms with Gasteiger partial charge in [0.2, 0.25) is 0 Å². The average Bonchev–Trinajstić information content (AvgIpc) is 3.14. The Hall–Kier alpha value is -3.55. The number of esters is 1. The Morgan fingerprint density at radius 2 is 1.96 bits per heavy atom. The van der Waals surface area contributed by atoms with Crippen LogP contribution in [0.4, 0.5) is 5.69 Å². The average molecular weight is 355 g/mol. The van der Waals surface area contributed by atoms with E-state index in [1.54, 1.807) is 42.6 Å². The van der Waals surface area contributed by atoms with Gasteiger partial charge in [-0.1, -0.05) is 6.07 Å². The standard InChI is InChI=1S/C18H17N3O5/c1-24-13-5-6-14(16(8-13)25-2)20-17(22)10-26-18(23)11-3-4-12-9-19-21-15(12)7-11/h3-9H,10H2,1-2H3,(H,19,21)(H,20,22). The number of hydrogen-bond acceptors (Lipinski definition) is 6. The van der Waals surface area contributed by atoms with Gasteiger partial charge in [0.25, 0.3) is 5.91 Å². The summed E-state index contributed by atoms with van der Waals surface area (Å²) in [6.45, 7) is -0.422. The predicted octanol–water partition coefficient (Wildman–Crippen LogP) is 2.38. The molecule has 0 radical (unpaired) electrons. The van der Waals surface area contributed by atoms with E-state index < -0.39 is 18.5 Å². The molecule has 0 aliphatic heterocycles. The molecule has 2 N–H and O–H groups in total. The summed E-state index contributed by atoms with van der Waals surface area (Å²) in [4.78, 5) is 24.1. The van der Waals surface area contributed by atoms with E-state index in [-0.39, 0.29) is 0 Å². The minimum Gasteiger partial charge on any atom is -0.497 e. The Bertz CT molecular complexity index is 951. The fourth-order valence-corrected chi connectivity index (χ4v) is 2.37. The Morgan fingerprint density at radius 1 is 1.12 bits per heavy atom. The Kier molecular flexibility index (Phi) is 5.02. The van der Waals surface area contributed by atoms with Crippen LogP contribution in [0.1, 0.15) is 10.4 Å². The van der Waals surface area contributed by atoms with E-state index in [2.05, 4.69) is 15.5 Å². The molecule has 0 saturated carbocycles. The summed E-state index contributed by atoms with van der Waals surface area (Å²) in [6.07, 6.45) is 1.65. The van der Waals surface area contributed by atoms with E-state index >= 15 is 0 Å². The molecule has 26 heavy (non-hydrogen) atoms. The van der Waals surface area contributed by atoms with Crippen molar-refractivity contribution < 1.29 is 23.8 Å². The topological polar surface area (TPSA) is 103 Å². The third kappa shape index (κ3) is 3.75. The molecule has 8 heteroatoms. The van der Waals surface area contributed by atoms with Crippen molar-refractivity contribution in [3.63, 3.8) is 0 Å². The lowest BCUT2D eigenvalue weighted by atomic mass is 10.2. The highest BCUT2D eigenvalue weighted by Crippen LogP contribution is 2.28. The van der Waals surface area contributed by atoms with Crippen molar-refractivity contribution in [2.75, 3.05) is 26.1 Å². The van der Waals surface area contributed by atoms with Gasteiger partial charge in [-0.05, 0) is 24.3 Å². The molecular weight excluding hydrogens is 338 g/mol. The molecule has 8 nitrogen and oxygen atoms in total. The van der Waals surface area contributed by atoms with Crippen molar-refractivity contribution >= 4 is 28.5 Å². The van der Waals surface area contributed by atoms with Crippen LogP contribution in [-0.4, -0.2) is 42.9 Å². The van der Waals surface area contributed by atoms with Crippen LogP contribution in [0.25, 0.3) is 10.9 Å². The summed E-state index contributed by atoms with van der Waals surface area (Å²) in [7, 11) is 3.02. The zero-order valence-corrected chi connectivity index (χ0v) is 14.2. The predicted molar refractivity (Wildman–Crippen MR) is 94.6 cm³/mol. The van der Waals surface area contributed by atoms with Crippen LogP contribution in [0.3, 0.4) is 0 Å². The van der Waals surface area contributed by atoms with Gasteiger partial charge in [-0.15, -0.1) is 0 Å². The van der Waals surface area contributed by atoms with E-state index in [4.69, 9.17) is 14.2 Å². The van der Waals surface area contributed by atoms with Crippen LogP contribution < -0.4 is 14.8 Å². The van der Waals surface area contributed by atoms with Crippen LogP contribution in [0.5, 0.6) is 11.5 Å². The molecule has 3 aromatic rings. The molecule has 2 aromatic carbocycles. The molecule has 1 amide bonds. The molecule has 0 unspecified atom stereocenters. The number of rotatable bonds is 6. The van der Waals surface area contributed by atoms with E-state index in [9.17, 15) is 9.59 Å². The molecular formula is C18H17N3O5. The normalized spacial score (nSPS) is 10.4. The number of H-pyrrole nitrogens is 1. The van der Waals surface area contributed by atoms with Crippen LogP contribution in [0, 0.1) is 0 Å². The number of carbonyl (C=O) groups is 2. The second kappa shape index (κ2) is 7.56. The van der Waals surface area contributed by atoms with Crippen molar-refractivity contribution in [2.45, 2.75) is 0 Å². The van der Waals surface area contributed by atoms with Gasteiger partial charge in [-0.25, -0.2) is 4.79 Å². The number of ether oxygens (including phenoxy) is 3. The maximum absolute atomic E-state index is 12.1. The second-order valence-corrected chi connectivity index (χ2v) is 5.36. The van der Waals surface area contributed by atoms with Gasteiger partial charge in [-0.3, -0.25) is 9.89 Å². The lowest BCUT2D eigenvalue weighted by Crippen LogP contribution is -2.21. The minimum atomic E-state index is -0.599. The molecule has 0 bridgehead atoms. The Labute approximate surface area is 149 Å². The number of benzene rings is 2. The van der Waals surface area contributed by atoms with Crippen molar-refractivity contribution in [3.05, 3.63) is 48.2 Å². The zero-order valence-electron chi connectivity index (χ0n) is 14.2. The molecule has 0 saturated heterocycles. The van der Waals surface area contributed by atoms with Crippen molar-refractivity contribution in [2.24, 2.45) is 0 Å². The highest BCUT2D eigenvalue weighted by atomic mass is 16.5. The maximum atomic E-state index is 12.1. The molecule has 1 heterocycles. The second-order valence-electron chi connectivity index (χ2n) is 5.36. The van der Waals surface area contributed by atoms with E-state index in [0.29, 0.717) is 28.3 Å². The number of nitrogens with zero attached hydrogens (tertiary/aromatic N) is 1. The fourth-order valence-electron chi connectivity index (χ4n) is 2.37. The number of amides is 1. The summed E-state index contributed by atoms with van der Waals surface area (Å²) in [5, 5.41) is 10.2. The summed E-state index contributed by atoms with van der Waals surface area (Å²) in [6, 6.07) is 9.95. The number of aromatic amines is 1. The van der Waals surface area contributed by atoms with Crippen molar-refractivity contribution in [3.8, 4) is 11.5 Å².